The molecule has 1 amide bonds. The Morgan fingerprint density at radius 3 is 0.949 bits per heavy atom. The van der Waals surface area contributed by atoms with E-state index >= 15 is 0 Å². The van der Waals surface area contributed by atoms with Crippen molar-refractivity contribution in [2.45, 2.75) is 465 Å². The number of nitrogens with one attached hydrogen (secondary N) is 1. The second-order valence-corrected chi connectivity index (χ2v) is 30.0. The number of ether oxygens (including phenoxy) is 6. The third kappa shape index (κ3) is 41.9. The van der Waals surface area contributed by atoms with E-state index in [0.717, 1.165) is 44.9 Å². The molecule has 0 saturated carbocycles. The Morgan fingerprint density at radius 1 is 0.354 bits per heavy atom. The SMILES string of the molecule is CCCCCCCCCCCCCCCCCCCCCCCCCCCCC/C=C/C(O)C(COC1OC(CO)C(OC2OC(CO)C(OC3OC(CO)C(O)C(O)C3O)C(O)C2O)C(O)C1O)NC(=O)CCCCCCCCCCCCCCCCCCCCCCCCCCC. The number of aliphatic hydroxyl groups is 11. The number of unbranched alkanes of at least 4 members (excludes halogenated alkanes) is 51. The first-order valence-corrected chi connectivity index (χ1v) is 41.4. The van der Waals surface area contributed by atoms with Crippen molar-refractivity contribution in [1.82, 2.24) is 5.32 Å². The average Bonchev–Trinajstić information content (AvgIpc) is 0.784. The van der Waals surface area contributed by atoms with Gasteiger partial charge in [-0.1, -0.05) is 347 Å². The van der Waals surface area contributed by atoms with E-state index < -0.39 is 124 Å². The molecule has 19 heteroatoms. The van der Waals surface area contributed by atoms with Crippen molar-refractivity contribution in [3.05, 3.63) is 12.2 Å². The molecule has 17 atom stereocenters. The van der Waals surface area contributed by atoms with Crippen LogP contribution in [0.2, 0.25) is 0 Å². The minimum atomic E-state index is -1.98. The summed E-state index contributed by atoms with van der Waals surface area (Å²) >= 11 is 0. The number of amides is 1. The van der Waals surface area contributed by atoms with Crippen LogP contribution in [0, 0.1) is 0 Å². The highest BCUT2D eigenvalue weighted by molar-refractivity contribution is 5.76. The zero-order valence-corrected chi connectivity index (χ0v) is 62.8. The molecule has 0 radical (unpaired) electrons. The van der Waals surface area contributed by atoms with Crippen molar-refractivity contribution in [3.8, 4) is 0 Å². The van der Waals surface area contributed by atoms with Crippen LogP contribution in [0.15, 0.2) is 12.2 Å². The summed E-state index contributed by atoms with van der Waals surface area (Å²) in [6.07, 6.45) is 46.3. The molecular weight excluding hydrogens is 1260 g/mol. The van der Waals surface area contributed by atoms with E-state index in [0.29, 0.717) is 6.42 Å². The highest BCUT2D eigenvalue weighted by Crippen LogP contribution is 2.33. The molecule has 3 heterocycles. The predicted molar refractivity (Wildman–Crippen MR) is 393 cm³/mol. The molecule has 3 saturated heterocycles. The lowest BCUT2D eigenvalue weighted by Crippen LogP contribution is -2.66. The van der Waals surface area contributed by atoms with Crippen molar-refractivity contribution < 1.29 is 89.4 Å². The van der Waals surface area contributed by atoms with E-state index in [-0.39, 0.29) is 18.9 Å². The summed E-state index contributed by atoms with van der Waals surface area (Å²) in [4.78, 5) is 13.5. The van der Waals surface area contributed by atoms with E-state index in [4.69, 9.17) is 28.4 Å². The first-order chi connectivity index (χ1) is 48.3. The van der Waals surface area contributed by atoms with E-state index in [1.807, 2.05) is 6.08 Å². The smallest absolute Gasteiger partial charge is 0.220 e. The predicted octanol–water partition coefficient (Wildman–Crippen LogP) is 14.0. The van der Waals surface area contributed by atoms with Gasteiger partial charge in [0, 0.05) is 6.42 Å². The number of carbonyl (C=O) groups excluding carboxylic acids is 1. The third-order valence-electron chi connectivity index (χ3n) is 21.1. The number of rotatable bonds is 67. The maximum absolute atomic E-state index is 13.5. The normalized spacial score (nSPS) is 26.6. The number of allylic oxidation sites excluding steroid dienone is 1. The molecule has 3 aliphatic heterocycles. The maximum atomic E-state index is 13.5. The summed E-state index contributed by atoms with van der Waals surface area (Å²) in [5.41, 5.74) is 0. The molecule has 0 bridgehead atoms. The number of aliphatic hydroxyl groups excluding tert-OH is 11. The van der Waals surface area contributed by atoms with E-state index in [9.17, 15) is 61.0 Å². The van der Waals surface area contributed by atoms with Gasteiger partial charge in [0.05, 0.1) is 38.6 Å². The number of hydrogen-bond donors (Lipinski definition) is 12. The zero-order chi connectivity index (χ0) is 71.8. The molecule has 99 heavy (non-hydrogen) atoms. The summed E-state index contributed by atoms with van der Waals surface area (Å²) in [5.74, 6) is -0.266. The molecule has 0 aromatic rings. The topological polar surface area (TPSA) is 307 Å². The largest absolute Gasteiger partial charge is 0.394 e. The first-order valence-electron chi connectivity index (χ1n) is 41.4. The highest BCUT2D eigenvalue weighted by Gasteiger charge is 2.54. The Bertz CT molecular complexity index is 1840. The van der Waals surface area contributed by atoms with Gasteiger partial charge < -0.3 is 89.9 Å². The van der Waals surface area contributed by atoms with Crippen LogP contribution < -0.4 is 5.32 Å². The molecule has 586 valence electrons. The van der Waals surface area contributed by atoms with Crippen LogP contribution in [0.1, 0.15) is 361 Å². The molecule has 12 N–H and O–H groups in total. The van der Waals surface area contributed by atoms with E-state index in [1.165, 1.54) is 289 Å². The van der Waals surface area contributed by atoms with Crippen LogP contribution >= 0.6 is 0 Å². The van der Waals surface area contributed by atoms with Crippen LogP contribution in [0.4, 0.5) is 0 Å². The van der Waals surface area contributed by atoms with Gasteiger partial charge in [-0.05, 0) is 19.3 Å². The van der Waals surface area contributed by atoms with E-state index in [2.05, 4.69) is 19.2 Å². The molecule has 19 nitrogen and oxygen atoms in total. The Morgan fingerprint density at radius 2 is 0.626 bits per heavy atom. The van der Waals surface area contributed by atoms with Crippen LogP contribution in [-0.2, 0) is 33.2 Å². The maximum Gasteiger partial charge on any atom is 0.220 e. The Balaban J connectivity index is 1.37. The lowest BCUT2D eigenvalue weighted by Gasteiger charge is -2.48. The molecule has 0 aliphatic carbocycles. The molecule has 0 spiro atoms. The third-order valence-corrected chi connectivity index (χ3v) is 21.1. The minimum Gasteiger partial charge on any atom is -0.394 e. The van der Waals surface area contributed by atoms with Crippen molar-refractivity contribution in [1.29, 1.82) is 0 Å². The van der Waals surface area contributed by atoms with Gasteiger partial charge in [0.25, 0.3) is 0 Å². The molecule has 17 unspecified atom stereocenters. The van der Waals surface area contributed by atoms with Gasteiger partial charge in [0.1, 0.15) is 73.2 Å². The van der Waals surface area contributed by atoms with Crippen LogP contribution in [0.5, 0.6) is 0 Å². The second-order valence-electron chi connectivity index (χ2n) is 30.0. The van der Waals surface area contributed by atoms with Gasteiger partial charge in [0.2, 0.25) is 5.91 Å². The Kier molecular flexibility index (Phi) is 57.1. The van der Waals surface area contributed by atoms with E-state index in [1.54, 1.807) is 6.08 Å². The summed E-state index contributed by atoms with van der Waals surface area (Å²) in [6.45, 7) is 1.81. The quantitative estimate of drug-likeness (QED) is 0.0199. The molecule has 3 aliphatic rings. The summed E-state index contributed by atoms with van der Waals surface area (Å²) in [6, 6.07) is -0.970. The van der Waals surface area contributed by atoms with Crippen molar-refractivity contribution in [2.75, 3.05) is 26.4 Å². The number of carbonyl (C=O) groups is 1. The monoisotopic (exact) mass is 1420 g/mol. The summed E-state index contributed by atoms with van der Waals surface area (Å²) in [5, 5.41) is 121. The zero-order valence-electron chi connectivity index (χ0n) is 62.8. The molecular formula is C80H153NO18. The summed E-state index contributed by atoms with van der Waals surface area (Å²) < 4.78 is 34.5. The summed E-state index contributed by atoms with van der Waals surface area (Å²) in [7, 11) is 0. The highest BCUT2D eigenvalue weighted by atomic mass is 16.8. The lowest BCUT2D eigenvalue weighted by molar-refractivity contribution is -0.379. The fourth-order valence-electron chi connectivity index (χ4n) is 14.4. The van der Waals surface area contributed by atoms with Gasteiger partial charge in [-0.2, -0.15) is 0 Å². The van der Waals surface area contributed by atoms with Crippen LogP contribution in [0.25, 0.3) is 0 Å². The number of hydrogen-bond acceptors (Lipinski definition) is 18. The van der Waals surface area contributed by atoms with Gasteiger partial charge in [0.15, 0.2) is 18.9 Å². The molecule has 3 rings (SSSR count). The van der Waals surface area contributed by atoms with Gasteiger partial charge in [-0.3, -0.25) is 4.79 Å². The molecule has 0 aromatic carbocycles. The molecule has 3 fully saturated rings. The average molecular weight is 1420 g/mol. The second kappa shape index (κ2) is 61.7. The van der Waals surface area contributed by atoms with Crippen molar-refractivity contribution in [3.63, 3.8) is 0 Å². The fraction of sp³-hybridized carbons (Fsp3) is 0.963. The molecule has 0 aromatic heterocycles. The van der Waals surface area contributed by atoms with Crippen LogP contribution in [0.3, 0.4) is 0 Å². The minimum absolute atomic E-state index is 0.250. The van der Waals surface area contributed by atoms with Gasteiger partial charge in [-0.15, -0.1) is 0 Å². The standard InChI is InChI=1S/C80H153NO18/c1-3-5-7-9-11-13-15-17-19-21-23-25-27-29-30-31-32-34-35-37-39-41-43-45-47-49-51-53-55-57-64(85)63(81-68(86)58-56-54-52-50-48-46-44-42-40-38-36-33-28-26-24-22-20-18-16-14-12-10-8-6-4-2)62-94-78-74(92)71(89)76(66(60-83)96-78)99-80-75(93)72(90)77(67(61-84)97-80)98-79-73(91)70(88)69(87)65(59-82)95-79/h55,57,63-67,69-80,82-85,87-93H,3-54,56,58-62H2,1-2H3,(H,81,86)/b57-55+. The lowest BCUT2D eigenvalue weighted by atomic mass is 9.96. The van der Waals surface area contributed by atoms with Crippen molar-refractivity contribution in [2.24, 2.45) is 0 Å². The van der Waals surface area contributed by atoms with Crippen LogP contribution in [-0.4, -0.2) is 193 Å². The Hall–Kier alpha value is -1.47. The van der Waals surface area contributed by atoms with Gasteiger partial charge >= 0.3 is 0 Å². The Labute approximate surface area is 601 Å². The fourth-order valence-corrected chi connectivity index (χ4v) is 14.4. The van der Waals surface area contributed by atoms with Gasteiger partial charge in [-0.25, -0.2) is 0 Å². The first kappa shape index (κ1) is 91.7. The van der Waals surface area contributed by atoms with Crippen molar-refractivity contribution >= 4 is 5.91 Å².